The number of nitrogens with zero attached hydrogens (tertiary/aromatic N) is 1. The molecule has 1 aliphatic rings. The first-order valence-electron chi connectivity index (χ1n) is 11.8. The van der Waals surface area contributed by atoms with Gasteiger partial charge in [0, 0.05) is 5.56 Å². The van der Waals surface area contributed by atoms with Crippen molar-refractivity contribution in [3.63, 3.8) is 0 Å². The van der Waals surface area contributed by atoms with Crippen LogP contribution in [0.4, 0.5) is 14.9 Å². The molecule has 4 aromatic rings. The predicted octanol–water partition coefficient (Wildman–Crippen LogP) is 6.88. The van der Waals surface area contributed by atoms with E-state index in [-0.39, 0.29) is 12.6 Å². The average molecular weight is 517 g/mol. The standard InChI is InChI=1S/C29H25FN2O4S/c1-18-25(31-28(34)36-17-22-5-3-4-6-24(22)30)26(37-32-18)21-9-7-19(8-10-21)20-11-13-23(14-12-20)29(15-16-29)27(33)35-2/h3-14H,15-17H2,1-2H3,(H,31,34). The minimum Gasteiger partial charge on any atom is -0.468 e. The number of methoxy groups -OCH3 is 1. The molecule has 1 heterocycles. The zero-order valence-electron chi connectivity index (χ0n) is 20.4. The van der Waals surface area contributed by atoms with Crippen molar-refractivity contribution in [2.45, 2.75) is 31.8 Å². The van der Waals surface area contributed by atoms with Gasteiger partial charge in [0.2, 0.25) is 0 Å². The highest BCUT2D eigenvalue weighted by molar-refractivity contribution is 7.10. The first kappa shape index (κ1) is 24.6. The van der Waals surface area contributed by atoms with Crippen LogP contribution in [0.15, 0.2) is 72.8 Å². The van der Waals surface area contributed by atoms with Crippen molar-refractivity contribution in [2.24, 2.45) is 0 Å². The molecule has 37 heavy (non-hydrogen) atoms. The number of amides is 1. The Morgan fingerprint density at radius 1 is 0.973 bits per heavy atom. The van der Waals surface area contributed by atoms with E-state index in [4.69, 9.17) is 9.47 Å². The summed E-state index contributed by atoms with van der Waals surface area (Å²) in [6, 6.07) is 22.2. The molecule has 0 spiro atoms. The normalized spacial score (nSPS) is 13.6. The molecule has 1 aromatic heterocycles. The van der Waals surface area contributed by atoms with Crippen molar-refractivity contribution in [1.82, 2.24) is 4.37 Å². The van der Waals surface area contributed by atoms with Crippen molar-refractivity contribution in [3.05, 3.63) is 95.4 Å². The van der Waals surface area contributed by atoms with Crippen LogP contribution in [0.1, 0.15) is 29.7 Å². The molecule has 6 nitrogen and oxygen atoms in total. The van der Waals surface area contributed by atoms with Crippen LogP contribution < -0.4 is 5.32 Å². The van der Waals surface area contributed by atoms with Gasteiger partial charge in [0.1, 0.15) is 12.4 Å². The van der Waals surface area contributed by atoms with E-state index in [9.17, 15) is 14.0 Å². The lowest BCUT2D eigenvalue weighted by Gasteiger charge is -2.13. The molecule has 1 fully saturated rings. The molecule has 0 saturated heterocycles. The third-order valence-corrected chi connectivity index (χ3v) is 7.64. The number of nitrogens with one attached hydrogen (secondary N) is 1. The number of aromatic nitrogens is 1. The van der Waals surface area contributed by atoms with Crippen molar-refractivity contribution in [3.8, 4) is 21.6 Å². The van der Waals surface area contributed by atoms with Gasteiger partial charge < -0.3 is 9.47 Å². The van der Waals surface area contributed by atoms with Crippen LogP contribution in [0.25, 0.3) is 21.6 Å². The zero-order chi connectivity index (χ0) is 26.0. The molecule has 1 N–H and O–H groups in total. The van der Waals surface area contributed by atoms with E-state index in [0.29, 0.717) is 16.9 Å². The van der Waals surface area contributed by atoms with Crippen LogP contribution in [-0.4, -0.2) is 23.5 Å². The van der Waals surface area contributed by atoms with Crippen LogP contribution >= 0.6 is 11.5 Å². The SMILES string of the molecule is COC(=O)C1(c2ccc(-c3ccc(-c4snc(C)c4NC(=O)OCc4ccccc4F)cc3)cc2)CC1. The highest BCUT2D eigenvalue weighted by Crippen LogP contribution is 2.49. The van der Waals surface area contributed by atoms with Crippen LogP contribution in [0.2, 0.25) is 0 Å². The lowest BCUT2D eigenvalue weighted by Crippen LogP contribution is -2.21. The molecule has 188 valence electrons. The molecular formula is C29H25FN2O4S. The quantitative estimate of drug-likeness (QED) is 0.271. The second kappa shape index (κ2) is 10.1. The fourth-order valence-electron chi connectivity index (χ4n) is 4.34. The number of hydrogen-bond acceptors (Lipinski definition) is 6. The van der Waals surface area contributed by atoms with Crippen molar-refractivity contribution < 1.29 is 23.5 Å². The molecule has 3 aromatic carbocycles. The summed E-state index contributed by atoms with van der Waals surface area (Å²) in [6.07, 6.45) is 0.953. The first-order chi connectivity index (χ1) is 17.9. The van der Waals surface area contributed by atoms with E-state index in [1.54, 1.807) is 18.2 Å². The average Bonchev–Trinajstić information content (AvgIpc) is 3.67. The highest BCUT2D eigenvalue weighted by atomic mass is 32.1. The molecule has 0 bridgehead atoms. The molecule has 1 amide bonds. The fraction of sp³-hybridized carbons (Fsp3) is 0.207. The summed E-state index contributed by atoms with van der Waals surface area (Å²) >= 11 is 1.28. The smallest absolute Gasteiger partial charge is 0.412 e. The van der Waals surface area contributed by atoms with Gasteiger partial charge in [0.25, 0.3) is 0 Å². The number of carbonyl (C=O) groups is 2. The lowest BCUT2D eigenvalue weighted by atomic mass is 9.93. The summed E-state index contributed by atoms with van der Waals surface area (Å²) in [5, 5.41) is 2.76. The molecular weight excluding hydrogens is 491 g/mol. The van der Waals surface area contributed by atoms with Gasteiger partial charge in [-0.05, 0) is 59.6 Å². The minimum absolute atomic E-state index is 0.168. The number of aryl methyl sites for hydroxylation is 1. The van der Waals surface area contributed by atoms with Gasteiger partial charge in [-0.1, -0.05) is 66.7 Å². The fourth-order valence-corrected chi connectivity index (χ4v) is 5.19. The van der Waals surface area contributed by atoms with Gasteiger partial charge in [0.05, 0.1) is 28.8 Å². The van der Waals surface area contributed by atoms with Gasteiger partial charge in [0.15, 0.2) is 0 Å². The summed E-state index contributed by atoms with van der Waals surface area (Å²) in [4.78, 5) is 25.4. The number of carbonyl (C=O) groups excluding carboxylic acids is 2. The van der Waals surface area contributed by atoms with Crippen LogP contribution in [0, 0.1) is 12.7 Å². The van der Waals surface area contributed by atoms with Crippen molar-refractivity contribution in [2.75, 3.05) is 12.4 Å². The molecule has 0 aliphatic heterocycles. The van der Waals surface area contributed by atoms with Crippen LogP contribution in [0.3, 0.4) is 0 Å². The maximum atomic E-state index is 13.8. The Hall–Kier alpha value is -4.04. The summed E-state index contributed by atoms with van der Waals surface area (Å²) in [5.41, 5.74) is 5.00. The summed E-state index contributed by atoms with van der Waals surface area (Å²) in [5.74, 6) is -0.598. The number of hydrogen-bond donors (Lipinski definition) is 1. The molecule has 0 atom stereocenters. The zero-order valence-corrected chi connectivity index (χ0v) is 21.2. The molecule has 1 saturated carbocycles. The largest absolute Gasteiger partial charge is 0.468 e. The Kier molecular flexibility index (Phi) is 6.76. The monoisotopic (exact) mass is 516 g/mol. The Morgan fingerprint density at radius 2 is 1.59 bits per heavy atom. The first-order valence-corrected chi connectivity index (χ1v) is 12.6. The Labute approximate surface area is 218 Å². The lowest BCUT2D eigenvalue weighted by molar-refractivity contribution is -0.143. The van der Waals surface area contributed by atoms with Gasteiger partial charge in [-0.25, -0.2) is 9.18 Å². The van der Waals surface area contributed by atoms with E-state index in [1.165, 1.54) is 24.7 Å². The van der Waals surface area contributed by atoms with Crippen LogP contribution in [0.5, 0.6) is 0 Å². The predicted molar refractivity (Wildman–Crippen MR) is 141 cm³/mol. The number of ether oxygens (including phenoxy) is 2. The minimum atomic E-state index is -0.676. The Balaban J connectivity index is 1.28. The molecule has 8 heteroatoms. The second-order valence-corrected chi connectivity index (χ2v) is 9.77. The van der Waals surface area contributed by atoms with Gasteiger partial charge in [-0.2, -0.15) is 4.37 Å². The van der Waals surface area contributed by atoms with Crippen molar-refractivity contribution >= 4 is 29.3 Å². The van der Waals surface area contributed by atoms with E-state index in [0.717, 1.165) is 40.0 Å². The molecule has 1 aliphatic carbocycles. The van der Waals surface area contributed by atoms with Crippen molar-refractivity contribution in [1.29, 1.82) is 0 Å². The Morgan fingerprint density at radius 3 is 2.22 bits per heavy atom. The molecule has 5 rings (SSSR count). The highest BCUT2D eigenvalue weighted by Gasteiger charge is 2.52. The second-order valence-electron chi connectivity index (χ2n) is 8.99. The van der Waals surface area contributed by atoms with Gasteiger partial charge in [-0.3, -0.25) is 10.1 Å². The maximum absolute atomic E-state index is 13.8. The number of halogens is 1. The maximum Gasteiger partial charge on any atom is 0.412 e. The summed E-state index contributed by atoms with van der Waals surface area (Å²) in [6.45, 7) is 1.64. The van der Waals surface area contributed by atoms with E-state index < -0.39 is 17.3 Å². The topological polar surface area (TPSA) is 77.5 Å². The number of benzene rings is 3. The van der Waals surface area contributed by atoms with Gasteiger partial charge in [-0.15, -0.1) is 0 Å². The Bertz CT molecular complexity index is 1440. The molecule has 0 radical (unpaired) electrons. The third kappa shape index (κ3) is 4.97. The summed E-state index contributed by atoms with van der Waals surface area (Å²) in [7, 11) is 1.43. The third-order valence-electron chi connectivity index (χ3n) is 6.65. The molecule has 0 unspecified atom stereocenters. The summed E-state index contributed by atoms with van der Waals surface area (Å²) < 4.78 is 28.4. The van der Waals surface area contributed by atoms with E-state index >= 15 is 0 Å². The number of rotatable bonds is 7. The van der Waals surface area contributed by atoms with E-state index in [2.05, 4.69) is 9.69 Å². The van der Waals surface area contributed by atoms with Crippen LogP contribution in [-0.2, 0) is 26.3 Å². The number of esters is 1. The number of anilines is 1. The van der Waals surface area contributed by atoms with Gasteiger partial charge >= 0.3 is 12.1 Å². The van der Waals surface area contributed by atoms with E-state index in [1.807, 2.05) is 55.5 Å².